The van der Waals surface area contributed by atoms with E-state index < -0.39 is 5.91 Å². The topological polar surface area (TPSA) is 62.1 Å². The third-order valence-corrected chi connectivity index (χ3v) is 5.14. The van der Waals surface area contributed by atoms with Gasteiger partial charge in [0, 0.05) is 10.7 Å². The average molecular weight is 455 g/mol. The number of hydrogen-bond acceptors (Lipinski definition) is 3. The molecule has 1 N–H and O–H groups in total. The van der Waals surface area contributed by atoms with Gasteiger partial charge in [-0.3, -0.25) is 4.79 Å². The Labute approximate surface area is 189 Å². The number of nitriles is 1. The van der Waals surface area contributed by atoms with E-state index in [1.807, 2.05) is 6.07 Å². The lowest BCUT2D eigenvalue weighted by molar-refractivity contribution is -0.112. The standard InChI is InChI=1S/C24H17Cl2FN2O2/c1-15-20(25)6-3-7-22(15)29-24(30)18(13-28)10-16-8-9-23(21(26)12-16)31-14-17-4-2-5-19(27)11-17/h2-12H,14H2,1H3,(H,29,30)/b18-10+. The number of rotatable bonds is 6. The number of nitrogens with one attached hydrogen (secondary N) is 1. The molecule has 0 saturated heterocycles. The van der Waals surface area contributed by atoms with Gasteiger partial charge in [-0.25, -0.2) is 4.39 Å². The van der Waals surface area contributed by atoms with E-state index >= 15 is 0 Å². The SMILES string of the molecule is Cc1c(Cl)cccc1NC(=O)/C(C#N)=C/c1ccc(OCc2cccc(F)c2)c(Cl)c1. The fourth-order valence-corrected chi connectivity index (χ4v) is 3.18. The van der Waals surface area contributed by atoms with Gasteiger partial charge in [-0.05, 0) is 66.1 Å². The summed E-state index contributed by atoms with van der Waals surface area (Å²) < 4.78 is 18.9. The third kappa shape index (κ3) is 5.85. The Morgan fingerprint density at radius 3 is 2.61 bits per heavy atom. The van der Waals surface area contributed by atoms with Crippen LogP contribution in [0.5, 0.6) is 5.75 Å². The second kappa shape index (κ2) is 10.1. The number of carbonyl (C=O) groups is 1. The highest BCUT2D eigenvalue weighted by Gasteiger charge is 2.12. The molecule has 3 aromatic carbocycles. The maximum absolute atomic E-state index is 13.3. The molecule has 0 aromatic heterocycles. The summed E-state index contributed by atoms with van der Waals surface area (Å²) in [5, 5.41) is 12.9. The number of benzene rings is 3. The Morgan fingerprint density at radius 1 is 1.13 bits per heavy atom. The lowest BCUT2D eigenvalue weighted by Gasteiger charge is -2.10. The molecule has 7 heteroatoms. The van der Waals surface area contributed by atoms with Gasteiger partial charge in [0.05, 0.1) is 5.02 Å². The molecule has 0 heterocycles. The van der Waals surface area contributed by atoms with E-state index in [0.29, 0.717) is 38.2 Å². The van der Waals surface area contributed by atoms with Gasteiger partial charge < -0.3 is 10.1 Å². The van der Waals surface area contributed by atoms with Crippen LogP contribution in [-0.4, -0.2) is 5.91 Å². The molecule has 0 atom stereocenters. The van der Waals surface area contributed by atoms with Crippen LogP contribution in [0.2, 0.25) is 10.0 Å². The highest BCUT2D eigenvalue weighted by Crippen LogP contribution is 2.28. The van der Waals surface area contributed by atoms with E-state index in [2.05, 4.69) is 5.32 Å². The second-order valence-electron chi connectivity index (χ2n) is 6.64. The van der Waals surface area contributed by atoms with Crippen LogP contribution in [0.4, 0.5) is 10.1 Å². The van der Waals surface area contributed by atoms with Crippen LogP contribution in [0.15, 0.2) is 66.2 Å². The van der Waals surface area contributed by atoms with E-state index in [1.54, 1.807) is 55.5 Å². The smallest absolute Gasteiger partial charge is 0.266 e. The predicted molar refractivity (Wildman–Crippen MR) is 121 cm³/mol. The molecule has 1 amide bonds. The first-order valence-corrected chi connectivity index (χ1v) is 9.98. The number of ether oxygens (including phenoxy) is 1. The summed E-state index contributed by atoms with van der Waals surface area (Å²) in [6.07, 6.45) is 1.43. The van der Waals surface area contributed by atoms with Crippen LogP contribution < -0.4 is 10.1 Å². The Morgan fingerprint density at radius 2 is 1.90 bits per heavy atom. The summed E-state index contributed by atoms with van der Waals surface area (Å²) in [4.78, 5) is 12.5. The summed E-state index contributed by atoms with van der Waals surface area (Å²) in [7, 11) is 0. The maximum Gasteiger partial charge on any atom is 0.266 e. The number of carbonyl (C=O) groups excluding carboxylic acids is 1. The van der Waals surface area contributed by atoms with Crippen LogP contribution >= 0.6 is 23.2 Å². The van der Waals surface area contributed by atoms with Gasteiger partial charge in [0.1, 0.15) is 29.8 Å². The van der Waals surface area contributed by atoms with Crippen LogP contribution in [-0.2, 0) is 11.4 Å². The van der Waals surface area contributed by atoms with E-state index in [-0.39, 0.29) is 18.0 Å². The van der Waals surface area contributed by atoms with E-state index in [1.165, 1.54) is 18.2 Å². The zero-order valence-electron chi connectivity index (χ0n) is 16.5. The van der Waals surface area contributed by atoms with Crippen molar-refractivity contribution in [1.29, 1.82) is 5.26 Å². The first-order chi connectivity index (χ1) is 14.9. The van der Waals surface area contributed by atoms with Gasteiger partial charge >= 0.3 is 0 Å². The lowest BCUT2D eigenvalue weighted by atomic mass is 10.1. The van der Waals surface area contributed by atoms with Crippen LogP contribution in [0.3, 0.4) is 0 Å². The quantitative estimate of drug-likeness (QED) is 0.338. The van der Waals surface area contributed by atoms with Gasteiger partial charge in [-0.1, -0.05) is 47.5 Å². The van der Waals surface area contributed by atoms with Crippen molar-refractivity contribution in [2.24, 2.45) is 0 Å². The zero-order valence-corrected chi connectivity index (χ0v) is 18.0. The minimum atomic E-state index is -0.560. The van der Waals surface area contributed by atoms with Crippen molar-refractivity contribution >= 4 is 40.9 Å². The Balaban J connectivity index is 1.73. The number of amides is 1. The maximum atomic E-state index is 13.3. The van der Waals surface area contributed by atoms with Crippen molar-refractivity contribution in [3.05, 3.63) is 98.8 Å². The fraction of sp³-hybridized carbons (Fsp3) is 0.0833. The van der Waals surface area contributed by atoms with E-state index in [0.717, 1.165) is 0 Å². The molecular weight excluding hydrogens is 438 g/mol. The normalized spacial score (nSPS) is 11.0. The summed E-state index contributed by atoms with van der Waals surface area (Å²) >= 11 is 12.3. The van der Waals surface area contributed by atoms with Gasteiger partial charge in [0.25, 0.3) is 5.91 Å². The van der Waals surface area contributed by atoms with Crippen molar-refractivity contribution in [3.8, 4) is 11.8 Å². The molecule has 0 radical (unpaired) electrons. The molecule has 0 saturated carbocycles. The van der Waals surface area contributed by atoms with E-state index in [9.17, 15) is 14.4 Å². The average Bonchev–Trinajstić information content (AvgIpc) is 2.74. The molecule has 0 fully saturated rings. The predicted octanol–water partition coefficient (Wildman–Crippen LogP) is 6.57. The Bertz CT molecular complexity index is 1200. The number of nitrogens with zero attached hydrogens (tertiary/aromatic N) is 1. The second-order valence-corrected chi connectivity index (χ2v) is 7.46. The molecule has 0 spiro atoms. The third-order valence-electron chi connectivity index (χ3n) is 4.43. The number of anilines is 1. The summed E-state index contributed by atoms with van der Waals surface area (Å²) in [5.74, 6) is -0.501. The molecule has 156 valence electrons. The Hall–Kier alpha value is -3.33. The summed E-state index contributed by atoms with van der Waals surface area (Å²) in [6.45, 7) is 1.92. The van der Waals surface area contributed by atoms with Crippen LogP contribution in [0.1, 0.15) is 16.7 Å². The number of halogens is 3. The van der Waals surface area contributed by atoms with Crippen LogP contribution in [0, 0.1) is 24.1 Å². The summed E-state index contributed by atoms with van der Waals surface area (Å²) in [5.41, 5.74) is 2.36. The molecule has 0 unspecified atom stereocenters. The first-order valence-electron chi connectivity index (χ1n) is 9.22. The molecule has 0 bridgehead atoms. The lowest BCUT2D eigenvalue weighted by Crippen LogP contribution is -2.14. The molecule has 3 aromatic rings. The highest BCUT2D eigenvalue weighted by atomic mass is 35.5. The fourth-order valence-electron chi connectivity index (χ4n) is 2.76. The zero-order chi connectivity index (χ0) is 22.4. The van der Waals surface area contributed by atoms with Gasteiger partial charge in [-0.15, -0.1) is 0 Å². The molecule has 0 aliphatic heterocycles. The van der Waals surface area contributed by atoms with Crippen molar-refractivity contribution < 1.29 is 13.9 Å². The summed E-state index contributed by atoms with van der Waals surface area (Å²) in [6, 6.07) is 18.0. The highest BCUT2D eigenvalue weighted by molar-refractivity contribution is 6.32. The molecule has 0 aliphatic rings. The van der Waals surface area contributed by atoms with Crippen molar-refractivity contribution in [1.82, 2.24) is 0 Å². The first kappa shape index (κ1) is 22.4. The van der Waals surface area contributed by atoms with E-state index in [4.69, 9.17) is 27.9 Å². The molecule has 31 heavy (non-hydrogen) atoms. The number of hydrogen-bond donors (Lipinski definition) is 1. The van der Waals surface area contributed by atoms with Crippen molar-refractivity contribution in [2.75, 3.05) is 5.32 Å². The largest absolute Gasteiger partial charge is 0.487 e. The molecule has 0 aliphatic carbocycles. The molecule has 4 nitrogen and oxygen atoms in total. The van der Waals surface area contributed by atoms with Gasteiger partial charge in [0.2, 0.25) is 0 Å². The monoisotopic (exact) mass is 454 g/mol. The molecular formula is C24H17Cl2FN2O2. The Kier molecular flexibility index (Phi) is 7.30. The minimum Gasteiger partial charge on any atom is -0.487 e. The molecule has 3 rings (SSSR count). The van der Waals surface area contributed by atoms with Crippen molar-refractivity contribution in [3.63, 3.8) is 0 Å². The van der Waals surface area contributed by atoms with Crippen molar-refractivity contribution in [2.45, 2.75) is 13.5 Å². The van der Waals surface area contributed by atoms with Gasteiger partial charge in [-0.2, -0.15) is 5.26 Å². The van der Waals surface area contributed by atoms with Crippen LogP contribution in [0.25, 0.3) is 6.08 Å². The minimum absolute atomic E-state index is 0.0936. The van der Waals surface area contributed by atoms with Gasteiger partial charge in [0.15, 0.2) is 0 Å².